The molecule has 0 spiro atoms. The Morgan fingerprint density at radius 3 is 2.60 bits per heavy atom. The zero-order valence-corrected chi connectivity index (χ0v) is 16.4. The van der Waals surface area contributed by atoms with Crippen molar-refractivity contribution in [1.82, 2.24) is 14.5 Å². The van der Waals surface area contributed by atoms with E-state index in [1.54, 1.807) is 0 Å². The summed E-state index contributed by atoms with van der Waals surface area (Å²) < 4.78 is 66.4. The summed E-state index contributed by atoms with van der Waals surface area (Å²) in [6.07, 6.45) is -3.57. The Labute approximate surface area is 174 Å². The number of likely N-dealkylation sites (tertiary alicyclic amines) is 1. The first-order valence-electron chi connectivity index (χ1n) is 8.46. The summed E-state index contributed by atoms with van der Waals surface area (Å²) in [4.78, 5) is 30.2. The molecule has 158 valence electrons. The first-order valence-corrected chi connectivity index (χ1v) is 9.71. The van der Waals surface area contributed by atoms with E-state index in [-0.39, 0.29) is 21.3 Å². The van der Waals surface area contributed by atoms with Crippen molar-refractivity contribution in [3.63, 3.8) is 0 Å². The first kappa shape index (κ1) is 20.7. The molecule has 2 aromatic heterocycles. The van der Waals surface area contributed by atoms with Gasteiger partial charge in [0.15, 0.2) is 0 Å². The minimum atomic E-state index is -4.68. The minimum absolute atomic E-state index is 0.0414. The molecule has 3 heterocycles. The first-order chi connectivity index (χ1) is 14.0. The van der Waals surface area contributed by atoms with Gasteiger partial charge in [0.2, 0.25) is 5.91 Å². The second-order valence-electron chi connectivity index (χ2n) is 6.80. The highest BCUT2D eigenvalue weighted by Gasteiger charge is 2.46. The van der Waals surface area contributed by atoms with Crippen LogP contribution >= 0.6 is 22.9 Å². The highest BCUT2D eigenvalue weighted by molar-refractivity contribution is 7.15. The molecule has 0 N–H and O–H groups in total. The van der Waals surface area contributed by atoms with Crippen molar-refractivity contribution < 1.29 is 26.7 Å². The molecule has 1 saturated heterocycles. The predicted octanol–water partition coefficient (Wildman–Crippen LogP) is 4.27. The van der Waals surface area contributed by atoms with Gasteiger partial charge in [0.1, 0.15) is 6.54 Å². The molecule has 5 nitrogen and oxygen atoms in total. The van der Waals surface area contributed by atoms with Crippen LogP contribution in [-0.2, 0) is 17.5 Å². The topological polar surface area (TPSA) is 55.2 Å². The molecule has 0 radical (unpaired) electrons. The lowest BCUT2D eigenvalue weighted by Crippen LogP contribution is -2.59. The third-order valence-electron chi connectivity index (χ3n) is 4.62. The van der Waals surface area contributed by atoms with E-state index in [0.29, 0.717) is 0 Å². The van der Waals surface area contributed by atoms with Crippen molar-refractivity contribution in [2.24, 2.45) is 0 Å². The van der Waals surface area contributed by atoms with Gasteiger partial charge in [0.25, 0.3) is 11.5 Å². The van der Waals surface area contributed by atoms with Gasteiger partial charge in [-0.2, -0.15) is 13.2 Å². The molecule has 1 aromatic carbocycles. The lowest BCUT2D eigenvalue weighted by molar-refractivity contribution is -0.166. The summed E-state index contributed by atoms with van der Waals surface area (Å²) in [6, 6.07) is 3.29. The van der Waals surface area contributed by atoms with E-state index in [1.165, 1.54) is 11.4 Å². The number of hydrogen-bond acceptors (Lipinski definition) is 4. The summed E-state index contributed by atoms with van der Waals surface area (Å²) in [7, 11) is 0. The number of hydrogen-bond donors (Lipinski definition) is 0. The smallest absolute Gasteiger partial charge is 0.329 e. The van der Waals surface area contributed by atoms with Gasteiger partial charge in [-0.15, -0.1) is 11.3 Å². The van der Waals surface area contributed by atoms with Crippen molar-refractivity contribution in [1.29, 1.82) is 0 Å². The highest BCUT2D eigenvalue weighted by atomic mass is 35.5. The molecule has 0 bridgehead atoms. The molecule has 1 amide bonds. The maximum Gasteiger partial charge on any atom is 0.417 e. The number of aromatic nitrogens is 2. The molecule has 0 aliphatic carbocycles. The number of rotatable bonds is 3. The van der Waals surface area contributed by atoms with Crippen LogP contribution in [0, 0.1) is 0 Å². The zero-order valence-electron chi connectivity index (χ0n) is 14.8. The minimum Gasteiger partial charge on any atom is -0.329 e. The Morgan fingerprint density at radius 2 is 1.97 bits per heavy atom. The van der Waals surface area contributed by atoms with E-state index in [0.717, 1.165) is 39.3 Å². The van der Waals surface area contributed by atoms with Crippen LogP contribution in [-0.4, -0.2) is 39.4 Å². The van der Waals surface area contributed by atoms with Gasteiger partial charge in [-0.25, -0.2) is 13.8 Å². The maximum absolute atomic E-state index is 13.2. The van der Waals surface area contributed by atoms with Gasteiger partial charge in [-0.3, -0.25) is 14.2 Å². The molecular weight excluding hydrogens is 453 g/mol. The average molecular weight is 464 g/mol. The Hall–Kier alpha value is -2.53. The molecule has 30 heavy (non-hydrogen) atoms. The lowest BCUT2D eigenvalue weighted by atomic mass is 10.1. The molecule has 1 aliphatic rings. The number of carbonyl (C=O) groups excluding carboxylic acids is 1. The van der Waals surface area contributed by atoms with Crippen molar-refractivity contribution in [3.05, 3.63) is 50.8 Å². The van der Waals surface area contributed by atoms with E-state index in [1.807, 2.05) is 0 Å². The van der Waals surface area contributed by atoms with Crippen LogP contribution in [0.5, 0.6) is 0 Å². The fourth-order valence-electron chi connectivity index (χ4n) is 3.12. The molecule has 1 fully saturated rings. The standard InChI is InChI=1S/C18H11ClF5N3O2S/c19-11-2-1-9(3-10(11)18(22,23)24)15-14-12(5-30-15)25-8-26(16(14)29)4-13(28)27-6-17(20,21)7-27/h1-3,5,8H,4,6-7H2. The van der Waals surface area contributed by atoms with Crippen molar-refractivity contribution in [3.8, 4) is 10.4 Å². The molecule has 3 aromatic rings. The fourth-order valence-corrected chi connectivity index (χ4v) is 4.33. The highest BCUT2D eigenvalue weighted by Crippen LogP contribution is 2.39. The van der Waals surface area contributed by atoms with Crippen LogP contribution in [0.25, 0.3) is 21.3 Å². The van der Waals surface area contributed by atoms with Crippen LogP contribution in [0.1, 0.15) is 5.56 Å². The number of thiophene rings is 1. The number of amides is 1. The normalized spacial score (nSPS) is 16.0. The van der Waals surface area contributed by atoms with Crippen molar-refractivity contribution in [2.75, 3.05) is 13.1 Å². The Kier molecular flexibility index (Phi) is 4.85. The number of benzene rings is 1. The molecule has 0 saturated carbocycles. The van der Waals surface area contributed by atoms with E-state index >= 15 is 0 Å². The molecule has 0 unspecified atom stereocenters. The van der Waals surface area contributed by atoms with E-state index in [4.69, 9.17) is 11.6 Å². The van der Waals surface area contributed by atoms with Crippen LogP contribution < -0.4 is 5.56 Å². The number of nitrogens with zero attached hydrogens (tertiary/aromatic N) is 3. The summed E-state index contributed by atoms with van der Waals surface area (Å²) in [5.74, 6) is -3.61. The Morgan fingerprint density at radius 1 is 1.27 bits per heavy atom. The molecule has 12 heteroatoms. The third kappa shape index (κ3) is 3.67. The number of halogens is 6. The second-order valence-corrected chi connectivity index (χ2v) is 8.09. The molecule has 1 aliphatic heterocycles. The quantitative estimate of drug-likeness (QED) is 0.545. The van der Waals surface area contributed by atoms with Gasteiger partial charge in [0, 0.05) is 10.3 Å². The van der Waals surface area contributed by atoms with Gasteiger partial charge < -0.3 is 4.90 Å². The third-order valence-corrected chi connectivity index (χ3v) is 5.97. The largest absolute Gasteiger partial charge is 0.417 e. The van der Waals surface area contributed by atoms with E-state index < -0.39 is 53.8 Å². The van der Waals surface area contributed by atoms with E-state index in [9.17, 15) is 31.5 Å². The fraction of sp³-hybridized carbons (Fsp3) is 0.278. The van der Waals surface area contributed by atoms with Gasteiger partial charge in [-0.1, -0.05) is 17.7 Å². The van der Waals surface area contributed by atoms with Crippen LogP contribution in [0.2, 0.25) is 5.02 Å². The average Bonchev–Trinajstić information content (AvgIpc) is 3.06. The zero-order chi connectivity index (χ0) is 21.8. The van der Waals surface area contributed by atoms with Crippen LogP contribution in [0.3, 0.4) is 0 Å². The van der Waals surface area contributed by atoms with Crippen molar-refractivity contribution >= 4 is 39.7 Å². The lowest BCUT2D eigenvalue weighted by Gasteiger charge is -2.38. The maximum atomic E-state index is 13.2. The molecule has 0 atom stereocenters. The summed E-state index contributed by atoms with van der Waals surface area (Å²) >= 11 is 6.68. The molecular formula is C18H11ClF5N3O2S. The van der Waals surface area contributed by atoms with Gasteiger partial charge >= 0.3 is 6.18 Å². The van der Waals surface area contributed by atoms with Gasteiger partial charge in [0.05, 0.1) is 40.9 Å². The number of fused-ring (bicyclic) bond motifs is 1. The van der Waals surface area contributed by atoms with Crippen LogP contribution in [0.4, 0.5) is 22.0 Å². The predicted molar refractivity (Wildman–Crippen MR) is 101 cm³/mol. The van der Waals surface area contributed by atoms with E-state index in [2.05, 4.69) is 4.98 Å². The Balaban J connectivity index is 1.73. The second kappa shape index (κ2) is 7.02. The SMILES string of the molecule is O=C(Cn1cnc2csc(-c3ccc(Cl)c(C(F)(F)F)c3)c2c1=O)N1CC(F)(F)C1. The Bertz CT molecular complexity index is 1210. The molecule has 4 rings (SSSR count). The summed E-state index contributed by atoms with van der Waals surface area (Å²) in [6.45, 7) is -1.93. The van der Waals surface area contributed by atoms with Crippen LogP contribution in [0.15, 0.2) is 34.7 Å². The number of carbonyl (C=O) groups is 1. The van der Waals surface area contributed by atoms with Gasteiger partial charge in [-0.05, 0) is 17.7 Å². The number of alkyl halides is 5. The summed E-state index contributed by atoms with van der Waals surface area (Å²) in [5, 5.41) is 1.08. The monoisotopic (exact) mass is 463 g/mol. The van der Waals surface area contributed by atoms with Crippen molar-refractivity contribution in [2.45, 2.75) is 18.6 Å². The summed E-state index contributed by atoms with van der Waals surface area (Å²) in [5.41, 5.74) is -1.32.